The smallest absolute Gasteiger partial charge is 0.251 e. The zero-order valence-electron chi connectivity index (χ0n) is 11.3. The minimum absolute atomic E-state index is 0.0716. The lowest BCUT2D eigenvalue weighted by atomic mass is 10.1. The summed E-state index contributed by atoms with van der Waals surface area (Å²) in [6.45, 7) is 4.40. The Kier molecular flexibility index (Phi) is 6.44. The van der Waals surface area contributed by atoms with Gasteiger partial charge in [-0.1, -0.05) is 25.5 Å². The number of hydrogen-bond acceptors (Lipinski definition) is 2. The summed E-state index contributed by atoms with van der Waals surface area (Å²) in [4.78, 5) is 11.8. The van der Waals surface area contributed by atoms with Gasteiger partial charge in [-0.2, -0.15) is 0 Å². The Hall–Kier alpha value is -1.35. The molecule has 0 aliphatic rings. The molecule has 0 saturated carbocycles. The molecule has 0 fully saturated rings. The Balaban J connectivity index is 2.43. The lowest BCUT2D eigenvalue weighted by Crippen LogP contribution is -2.26. The van der Waals surface area contributed by atoms with Crippen LogP contribution in [0.15, 0.2) is 24.3 Å². The van der Waals surface area contributed by atoms with Gasteiger partial charge in [0.05, 0.1) is 6.10 Å². The summed E-state index contributed by atoms with van der Waals surface area (Å²) in [5.41, 5.74) is 1.96. The molecule has 0 bridgehead atoms. The number of nitrogens with one attached hydrogen (secondary N) is 1. The quantitative estimate of drug-likeness (QED) is 0.780. The number of aliphatic hydroxyl groups excluding tert-OH is 1. The molecular weight excluding hydrogens is 226 g/mol. The summed E-state index contributed by atoms with van der Waals surface area (Å²) in [7, 11) is 0. The Morgan fingerprint density at radius 3 is 2.56 bits per heavy atom. The SMILES string of the molecule is CCCCc1ccc(C(=O)NCCC(C)O)cc1. The molecule has 0 saturated heterocycles. The number of benzene rings is 1. The van der Waals surface area contributed by atoms with E-state index in [0.717, 1.165) is 6.42 Å². The van der Waals surface area contributed by atoms with Crippen molar-refractivity contribution in [1.82, 2.24) is 5.32 Å². The van der Waals surface area contributed by atoms with E-state index >= 15 is 0 Å². The highest BCUT2D eigenvalue weighted by Crippen LogP contribution is 2.08. The van der Waals surface area contributed by atoms with Crippen LogP contribution in [-0.4, -0.2) is 23.7 Å². The zero-order chi connectivity index (χ0) is 13.4. The van der Waals surface area contributed by atoms with E-state index in [1.165, 1.54) is 18.4 Å². The normalized spacial score (nSPS) is 12.2. The van der Waals surface area contributed by atoms with Crippen molar-refractivity contribution in [3.63, 3.8) is 0 Å². The second-order valence-electron chi connectivity index (χ2n) is 4.69. The summed E-state index contributed by atoms with van der Waals surface area (Å²) >= 11 is 0. The maximum atomic E-state index is 11.8. The van der Waals surface area contributed by atoms with Crippen molar-refractivity contribution in [3.05, 3.63) is 35.4 Å². The molecule has 3 nitrogen and oxygen atoms in total. The number of unbranched alkanes of at least 4 members (excludes halogenated alkanes) is 1. The number of carbonyl (C=O) groups excluding carboxylic acids is 1. The minimum atomic E-state index is -0.373. The molecule has 1 rings (SSSR count). The largest absolute Gasteiger partial charge is 0.393 e. The number of aliphatic hydroxyl groups is 1. The van der Waals surface area contributed by atoms with E-state index in [1.54, 1.807) is 6.92 Å². The maximum Gasteiger partial charge on any atom is 0.251 e. The number of rotatable bonds is 7. The summed E-state index contributed by atoms with van der Waals surface area (Å²) in [6, 6.07) is 7.75. The van der Waals surface area contributed by atoms with Crippen LogP contribution in [0.1, 0.15) is 49.0 Å². The van der Waals surface area contributed by atoms with Crippen molar-refractivity contribution in [2.24, 2.45) is 0 Å². The number of hydrogen-bond donors (Lipinski definition) is 2. The second kappa shape index (κ2) is 7.88. The molecule has 0 aliphatic heterocycles. The molecule has 0 radical (unpaired) electrons. The van der Waals surface area contributed by atoms with Gasteiger partial charge >= 0.3 is 0 Å². The van der Waals surface area contributed by atoms with E-state index in [2.05, 4.69) is 12.2 Å². The monoisotopic (exact) mass is 249 g/mol. The predicted octanol–water partition coefficient (Wildman–Crippen LogP) is 2.53. The van der Waals surface area contributed by atoms with Gasteiger partial charge in [-0.3, -0.25) is 4.79 Å². The summed E-state index contributed by atoms with van der Waals surface area (Å²) in [5.74, 6) is -0.0716. The van der Waals surface area contributed by atoms with Crippen molar-refractivity contribution in [1.29, 1.82) is 0 Å². The van der Waals surface area contributed by atoms with Gasteiger partial charge in [0.2, 0.25) is 0 Å². The van der Waals surface area contributed by atoms with E-state index in [4.69, 9.17) is 5.11 Å². The van der Waals surface area contributed by atoms with Crippen LogP contribution in [0.3, 0.4) is 0 Å². The average molecular weight is 249 g/mol. The van der Waals surface area contributed by atoms with Gasteiger partial charge in [0.15, 0.2) is 0 Å². The van der Waals surface area contributed by atoms with Crippen molar-refractivity contribution in [2.45, 2.75) is 45.6 Å². The van der Waals surface area contributed by atoms with Crippen LogP contribution in [-0.2, 0) is 6.42 Å². The third-order valence-corrected chi connectivity index (χ3v) is 2.88. The molecule has 0 aliphatic carbocycles. The van der Waals surface area contributed by atoms with Crippen LogP contribution in [0.25, 0.3) is 0 Å². The van der Waals surface area contributed by atoms with Crippen molar-refractivity contribution >= 4 is 5.91 Å². The Morgan fingerprint density at radius 1 is 1.33 bits per heavy atom. The lowest BCUT2D eigenvalue weighted by molar-refractivity contribution is 0.0945. The maximum absolute atomic E-state index is 11.8. The molecule has 0 aromatic heterocycles. The van der Waals surface area contributed by atoms with E-state index in [1.807, 2.05) is 24.3 Å². The van der Waals surface area contributed by atoms with E-state index in [0.29, 0.717) is 18.5 Å². The molecule has 3 heteroatoms. The van der Waals surface area contributed by atoms with Crippen LogP contribution in [0.5, 0.6) is 0 Å². The minimum Gasteiger partial charge on any atom is -0.393 e. The highest BCUT2D eigenvalue weighted by atomic mass is 16.3. The van der Waals surface area contributed by atoms with Gasteiger partial charge in [-0.15, -0.1) is 0 Å². The molecule has 1 atom stereocenters. The van der Waals surface area contributed by atoms with E-state index < -0.39 is 0 Å². The summed E-state index contributed by atoms with van der Waals surface area (Å²) in [5, 5.41) is 11.9. The third-order valence-electron chi connectivity index (χ3n) is 2.88. The Bertz CT molecular complexity index is 357. The molecule has 0 heterocycles. The van der Waals surface area contributed by atoms with Crippen LogP contribution in [0.2, 0.25) is 0 Å². The van der Waals surface area contributed by atoms with Crippen LogP contribution in [0, 0.1) is 0 Å². The average Bonchev–Trinajstić information content (AvgIpc) is 2.36. The van der Waals surface area contributed by atoms with E-state index in [-0.39, 0.29) is 12.0 Å². The van der Waals surface area contributed by atoms with Gasteiger partial charge in [0.1, 0.15) is 0 Å². The molecular formula is C15H23NO2. The fourth-order valence-electron chi connectivity index (χ4n) is 1.70. The molecule has 1 amide bonds. The lowest BCUT2D eigenvalue weighted by Gasteiger charge is -2.07. The Morgan fingerprint density at radius 2 is 2.00 bits per heavy atom. The summed E-state index contributed by atoms with van der Waals surface area (Å²) < 4.78 is 0. The first-order valence-electron chi connectivity index (χ1n) is 6.68. The first kappa shape index (κ1) is 14.7. The topological polar surface area (TPSA) is 49.3 Å². The second-order valence-corrected chi connectivity index (χ2v) is 4.69. The Labute approximate surface area is 109 Å². The van der Waals surface area contributed by atoms with Crippen LogP contribution >= 0.6 is 0 Å². The summed E-state index contributed by atoms with van der Waals surface area (Å²) in [6.07, 6.45) is 3.64. The van der Waals surface area contributed by atoms with Crippen molar-refractivity contribution < 1.29 is 9.90 Å². The van der Waals surface area contributed by atoms with Gasteiger partial charge in [-0.05, 0) is 43.9 Å². The molecule has 0 spiro atoms. The molecule has 1 aromatic carbocycles. The first-order chi connectivity index (χ1) is 8.63. The first-order valence-corrected chi connectivity index (χ1v) is 6.68. The van der Waals surface area contributed by atoms with Crippen molar-refractivity contribution in [2.75, 3.05) is 6.54 Å². The molecule has 18 heavy (non-hydrogen) atoms. The third kappa shape index (κ3) is 5.32. The number of amides is 1. The molecule has 100 valence electrons. The highest BCUT2D eigenvalue weighted by Gasteiger charge is 2.05. The van der Waals surface area contributed by atoms with Gasteiger partial charge in [0.25, 0.3) is 5.91 Å². The predicted molar refractivity (Wildman–Crippen MR) is 73.7 cm³/mol. The van der Waals surface area contributed by atoms with Crippen LogP contribution in [0.4, 0.5) is 0 Å². The standard InChI is InChI=1S/C15H23NO2/c1-3-4-5-13-6-8-14(9-7-13)15(18)16-11-10-12(2)17/h6-9,12,17H,3-5,10-11H2,1-2H3,(H,16,18). The number of carbonyl (C=O) groups is 1. The fraction of sp³-hybridized carbons (Fsp3) is 0.533. The van der Waals surface area contributed by atoms with Crippen molar-refractivity contribution in [3.8, 4) is 0 Å². The molecule has 1 aromatic rings. The fourth-order valence-corrected chi connectivity index (χ4v) is 1.70. The van der Waals surface area contributed by atoms with Gasteiger partial charge in [-0.25, -0.2) is 0 Å². The molecule has 1 unspecified atom stereocenters. The number of aryl methyl sites for hydroxylation is 1. The van der Waals surface area contributed by atoms with E-state index in [9.17, 15) is 4.79 Å². The highest BCUT2D eigenvalue weighted by molar-refractivity contribution is 5.94. The van der Waals surface area contributed by atoms with Gasteiger partial charge in [0, 0.05) is 12.1 Å². The van der Waals surface area contributed by atoms with Crippen LogP contribution < -0.4 is 5.32 Å². The zero-order valence-corrected chi connectivity index (χ0v) is 11.3. The molecule has 2 N–H and O–H groups in total. The van der Waals surface area contributed by atoms with Gasteiger partial charge < -0.3 is 10.4 Å².